The maximum absolute atomic E-state index is 2.41. The van der Waals surface area contributed by atoms with Crippen LogP contribution in [0.2, 0.25) is 0 Å². The average Bonchev–Trinajstić information content (AvgIpc) is 3.40. The second kappa shape index (κ2) is 8.25. The number of fused-ring (bicyclic) bond motifs is 9. The molecule has 9 aromatic rings. The first kappa shape index (κ1) is 23.7. The molecule has 0 saturated carbocycles. The molecular formula is C45H26. The van der Waals surface area contributed by atoms with Gasteiger partial charge in [-0.15, -0.1) is 0 Å². The van der Waals surface area contributed by atoms with Gasteiger partial charge in [0.1, 0.15) is 0 Å². The predicted octanol–water partition coefficient (Wildman–Crippen LogP) is 11.7. The van der Waals surface area contributed by atoms with Gasteiger partial charge < -0.3 is 0 Å². The lowest BCUT2D eigenvalue weighted by molar-refractivity contribution is 0.773. The van der Waals surface area contributed by atoms with Crippen LogP contribution in [0.4, 0.5) is 0 Å². The number of rotatable bonds is 1. The molecule has 0 heteroatoms. The van der Waals surface area contributed by atoms with E-state index in [1.807, 2.05) is 0 Å². The van der Waals surface area contributed by atoms with Crippen LogP contribution < -0.4 is 0 Å². The van der Waals surface area contributed by atoms with Crippen LogP contribution in [0.5, 0.6) is 0 Å². The van der Waals surface area contributed by atoms with Crippen molar-refractivity contribution in [3.8, 4) is 33.4 Å². The smallest absolute Gasteiger partial charge is 0.0619 e. The molecule has 206 valence electrons. The monoisotopic (exact) mass is 566 g/mol. The van der Waals surface area contributed by atoms with E-state index in [9.17, 15) is 0 Å². The van der Waals surface area contributed by atoms with Crippen molar-refractivity contribution >= 4 is 43.1 Å². The van der Waals surface area contributed by atoms with Gasteiger partial charge >= 0.3 is 0 Å². The van der Waals surface area contributed by atoms with E-state index >= 15 is 0 Å². The largest absolute Gasteiger partial charge is 0.0725 e. The summed E-state index contributed by atoms with van der Waals surface area (Å²) >= 11 is 0. The van der Waals surface area contributed by atoms with Crippen LogP contribution in [0.1, 0.15) is 22.3 Å². The SMILES string of the molecule is c1ccc2c(c1)-c1ccccc1C21c2ccccc2-c2ccc(-c3cc4ccc5cccc6ccc(c3)c4c56)c3cccc1c23. The summed E-state index contributed by atoms with van der Waals surface area (Å²) in [4.78, 5) is 0. The summed E-state index contributed by atoms with van der Waals surface area (Å²) in [6.07, 6.45) is 0. The Morgan fingerprint density at radius 3 is 1.38 bits per heavy atom. The van der Waals surface area contributed by atoms with Gasteiger partial charge in [0.05, 0.1) is 5.41 Å². The highest BCUT2D eigenvalue weighted by atomic mass is 14.5. The lowest BCUT2D eigenvalue weighted by Gasteiger charge is -2.40. The summed E-state index contributed by atoms with van der Waals surface area (Å²) in [5.74, 6) is 0. The van der Waals surface area contributed by atoms with E-state index < -0.39 is 0 Å². The van der Waals surface area contributed by atoms with Gasteiger partial charge in [0.2, 0.25) is 0 Å². The Morgan fingerprint density at radius 1 is 0.289 bits per heavy atom. The zero-order valence-corrected chi connectivity index (χ0v) is 24.5. The lowest BCUT2D eigenvalue weighted by Crippen LogP contribution is -2.31. The molecule has 0 radical (unpaired) electrons. The molecule has 0 aliphatic heterocycles. The molecule has 0 nitrogen and oxygen atoms in total. The van der Waals surface area contributed by atoms with E-state index in [1.54, 1.807) is 0 Å². The van der Waals surface area contributed by atoms with Crippen molar-refractivity contribution in [2.45, 2.75) is 5.41 Å². The van der Waals surface area contributed by atoms with E-state index in [2.05, 4.69) is 158 Å². The van der Waals surface area contributed by atoms with Gasteiger partial charge in [-0.1, -0.05) is 146 Å². The molecule has 0 unspecified atom stereocenters. The van der Waals surface area contributed by atoms with Crippen molar-refractivity contribution in [2.24, 2.45) is 0 Å². The summed E-state index contributed by atoms with van der Waals surface area (Å²) < 4.78 is 0. The zero-order chi connectivity index (χ0) is 29.3. The van der Waals surface area contributed by atoms with Gasteiger partial charge in [0.15, 0.2) is 0 Å². The minimum Gasteiger partial charge on any atom is -0.0619 e. The maximum atomic E-state index is 2.41. The van der Waals surface area contributed by atoms with Crippen LogP contribution in [-0.2, 0) is 5.41 Å². The molecule has 0 amide bonds. The molecule has 0 atom stereocenters. The van der Waals surface area contributed by atoms with Crippen LogP contribution in [0.15, 0.2) is 158 Å². The molecule has 9 aromatic carbocycles. The fourth-order valence-corrected chi connectivity index (χ4v) is 9.11. The van der Waals surface area contributed by atoms with Crippen LogP contribution >= 0.6 is 0 Å². The molecule has 0 N–H and O–H groups in total. The lowest BCUT2D eigenvalue weighted by atomic mass is 9.61. The third-order valence-electron chi connectivity index (χ3n) is 10.8. The van der Waals surface area contributed by atoms with Crippen molar-refractivity contribution in [1.29, 1.82) is 0 Å². The number of benzene rings is 9. The van der Waals surface area contributed by atoms with Gasteiger partial charge in [-0.25, -0.2) is 0 Å². The summed E-state index contributed by atoms with van der Waals surface area (Å²) in [5.41, 5.74) is 13.0. The first-order valence-corrected chi connectivity index (χ1v) is 15.9. The fourth-order valence-electron chi connectivity index (χ4n) is 9.11. The Morgan fingerprint density at radius 2 is 0.756 bits per heavy atom. The Labute approximate surface area is 261 Å². The van der Waals surface area contributed by atoms with Crippen molar-refractivity contribution in [2.75, 3.05) is 0 Å². The van der Waals surface area contributed by atoms with E-state index in [-0.39, 0.29) is 5.41 Å². The fraction of sp³-hybridized carbons (Fsp3) is 0.0222. The van der Waals surface area contributed by atoms with Crippen molar-refractivity contribution < 1.29 is 0 Å². The van der Waals surface area contributed by atoms with Crippen molar-refractivity contribution in [3.05, 3.63) is 180 Å². The Bertz CT molecular complexity index is 2600. The third-order valence-corrected chi connectivity index (χ3v) is 10.8. The van der Waals surface area contributed by atoms with E-state index in [0.29, 0.717) is 0 Å². The van der Waals surface area contributed by atoms with Crippen LogP contribution in [0.25, 0.3) is 76.5 Å². The topological polar surface area (TPSA) is 0 Å². The van der Waals surface area contributed by atoms with Gasteiger partial charge in [-0.3, -0.25) is 0 Å². The summed E-state index contributed by atoms with van der Waals surface area (Å²) in [6.45, 7) is 0. The Hall–Kier alpha value is -5.72. The Kier molecular flexibility index (Phi) is 4.35. The average molecular weight is 567 g/mol. The second-order valence-corrected chi connectivity index (χ2v) is 12.8. The standard InChI is InChI=1S/C45H26/c1-4-15-38-33(11-1)34-12-2-5-16-39(34)45(38)40-17-6-3-13-35(40)37-24-23-32(36-14-8-18-41(45)44(36)37)31-25-29-21-19-27-9-7-10-28-20-22-30(26-31)43(29)42(27)28/h1-26H. The predicted molar refractivity (Wildman–Crippen MR) is 189 cm³/mol. The quantitative estimate of drug-likeness (QED) is 0.173. The minimum atomic E-state index is -0.373. The van der Waals surface area contributed by atoms with E-state index in [4.69, 9.17) is 0 Å². The molecule has 0 bridgehead atoms. The number of hydrogen-bond acceptors (Lipinski definition) is 0. The minimum absolute atomic E-state index is 0.373. The highest BCUT2D eigenvalue weighted by molar-refractivity contribution is 6.24. The van der Waals surface area contributed by atoms with Crippen molar-refractivity contribution in [3.63, 3.8) is 0 Å². The van der Waals surface area contributed by atoms with Gasteiger partial charge in [-0.05, 0) is 111 Å². The molecule has 0 saturated heterocycles. The molecule has 2 aliphatic carbocycles. The van der Waals surface area contributed by atoms with Gasteiger partial charge in [-0.2, -0.15) is 0 Å². The highest BCUT2D eigenvalue weighted by Gasteiger charge is 2.49. The van der Waals surface area contributed by atoms with Crippen molar-refractivity contribution in [1.82, 2.24) is 0 Å². The molecule has 1 spiro atoms. The van der Waals surface area contributed by atoms with Crippen LogP contribution in [0, 0.1) is 0 Å². The summed E-state index contributed by atoms with van der Waals surface area (Å²) in [6, 6.07) is 59.6. The summed E-state index contributed by atoms with van der Waals surface area (Å²) in [5, 5.41) is 10.6. The van der Waals surface area contributed by atoms with Crippen LogP contribution in [-0.4, -0.2) is 0 Å². The molecule has 0 heterocycles. The molecule has 0 fully saturated rings. The molecule has 2 aliphatic rings. The second-order valence-electron chi connectivity index (χ2n) is 12.8. The molecular weight excluding hydrogens is 540 g/mol. The van der Waals surface area contributed by atoms with Crippen LogP contribution in [0.3, 0.4) is 0 Å². The molecule has 0 aromatic heterocycles. The first-order chi connectivity index (χ1) is 22.3. The molecule has 11 rings (SSSR count). The highest BCUT2D eigenvalue weighted by Crippen LogP contribution is 2.62. The third kappa shape index (κ3) is 2.79. The maximum Gasteiger partial charge on any atom is 0.0725 e. The Balaban J connectivity index is 1.27. The normalized spacial score (nSPS) is 14.0. The zero-order valence-electron chi connectivity index (χ0n) is 24.5. The van der Waals surface area contributed by atoms with Gasteiger partial charge in [0.25, 0.3) is 0 Å². The van der Waals surface area contributed by atoms with E-state index in [0.717, 1.165) is 0 Å². The molecule has 45 heavy (non-hydrogen) atoms. The van der Waals surface area contributed by atoms with E-state index in [1.165, 1.54) is 98.7 Å². The number of hydrogen-bond donors (Lipinski definition) is 0. The first-order valence-electron chi connectivity index (χ1n) is 15.9. The van der Waals surface area contributed by atoms with Gasteiger partial charge in [0, 0.05) is 0 Å². The summed E-state index contributed by atoms with van der Waals surface area (Å²) in [7, 11) is 0.